The van der Waals surface area contributed by atoms with Gasteiger partial charge in [-0.2, -0.15) is 11.8 Å². The van der Waals surface area contributed by atoms with Gasteiger partial charge < -0.3 is 19.9 Å². The fourth-order valence-corrected chi connectivity index (χ4v) is 4.39. The van der Waals surface area contributed by atoms with Crippen molar-refractivity contribution >= 4 is 29.5 Å². The van der Waals surface area contributed by atoms with E-state index in [2.05, 4.69) is 5.32 Å². The number of amides is 3. The molecule has 1 heterocycles. The molecule has 1 aliphatic rings. The van der Waals surface area contributed by atoms with Crippen molar-refractivity contribution in [2.24, 2.45) is 5.92 Å². The van der Waals surface area contributed by atoms with Gasteiger partial charge in [0.25, 0.3) is 5.91 Å². The van der Waals surface area contributed by atoms with E-state index in [0.717, 1.165) is 5.75 Å². The van der Waals surface area contributed by atoms with E-state index in [0.29, 0.717) is 56.8 Å². The summed E-state index contributed by atoms with van der Waals surface area (Å²) in [5, 5.41) is 2.91. The van der Waals surface area contributed by atoms with Gasteiger partial charge in [-0.05, 0) is 57.3 Å². The second kappa shape index (κ2) is 12.6. The highest BCUT2D eigenvalue weighted by Gasteiger charge is 2.32. The maximum Gasteiger partial charge on any atom is 0.255 e. The number of methoxy groups -OCH3 is 1. The molecular weight excluding hydrogens is 414 g/mol. The van der Waals surface area contributed by atoms with Crippen LogP contribution in [-0.4, -0.2) is 78.9 Å². The first-order valence-corrected chi connectivity index (χ1v) is 12.4. The zero-order valence-corrected chi connectivity index (χ0v) is 19.9. The smallest absolute Gasteiger partial charge is 0.255 e. The maximum atomic E-state index is 13.2. The third-order valence-electron chi connectivity index (χ3n) is 5.80. The standard InChI is InChI=1S/C23H35N3O4S/c1-5-25(6-2)22(28)17-11-14-26(15-12-17)23(29)19(13-16-31-4)24-21(27)18-9-7-8-10-20(18)30-3/h7-10,17,19H,5-6,11-16H2,1-4H3,(H,24,27). The summed E-state index contributed by atoms with van der Waals surface area (Å²) in [5.41, 5.74) is 0.412. The molecule has 0 bridgehead atoms. The lowest BCUT2D eigenvalue weighted by Crippen LogP contribution is -2.52. The summed E-state index contributed by atoms with van der Waals surface area (Å²) in [6, 6.07) is 6.39. The van der Waals surface area contributed by atoms with Crippen LogP contribution in [0.5, 0.6) is 5.75 Å². The van der Waals surface area contributed by atoms with E-state index in [1.807, 2.05) is 25.0 Å². The molecule has 1 N–H and O–H groups in total. The number of carbonyl (C=O) groups is 3. The molecule has 1 unspecified atom stereocenters. The largest absolute Gasteiger partial charge is 0.496 e. The van der Waals surface area contributed by atoms with Gasteiger partial charge in [0.1, 0.15) is 11.8 Å². The molecule has 7 nitrogen and oxygen atoms in total. The van der Waals surface area contributed by atoms with E-state index < -0.39 is 6.04 Å². The first-order chi connectivity index (χ1) is 15.0. The number of thioether (sulfide) groups is 1. The third-order valence-corrected chi connectivity index (χ3v) is 6.44. The van der Waals surface area contributed by atoms with Crippen molar-refractivity contribution in [3.05, 3.63) is 29.8 Å². The number of carbonyl (C=O) groups excluding carboxylic acids is 3. The number of nitrogens with one attached hydrogen (secondary N) is 1. The van der Waals surface area contributed by atoms with E-state index >= 15 is 0 Å². The lowest BCUT2D eigenvalue weighted by Gasteiger charge is -2.35. The highest BCUT2D eigenvalue weighted by Crippen LogP contribution is 2.22. The van der Waals surface area contributed by atoms with E-state index in [9.17, 15) is 14.4 Å². The molecule has 1 aliphatic heterocycles. The van der Waals surface area contributed by atoms with Crippen molar-refractivity contribution in [1.29, 1.82) is 0 Å². The molecule has 3 amide bonds. The summed E-state index contributed by atoms with van der Waals surface area (Å²) in [6.07, 6.45) is 3.86. The first kappa shape index (κ1) is 25.0. The molecule has 1 saturated heterocycles. The Balaban J connectivity index is 2.03. The lowest BCUT2D eigenvalue weighted by molar-refractivity contribution is -0.141. The average Bonchev–Trinajstić information content (AvgIpc) is 2.81. The quantitative estimate of drug-likeness (QED) is 0.594. The van der Waals surface area contributed by atoms with Crippen LogP contribution in [0.3, 0.4) is 0 Å². The Labute approximate surface area is 189 Å². The van der Waals surface area contributed by atoms with Crippen LogP contribution < -0.4 is 10.1 Å². The summed E-state index contributed by atoms with van der Waals surface area (Å²) < 4.78 is 5.28. The summed E-state index contributed by atoms with van der Waals surface area (Å²) in [7, 11) is 1.52. The van der Waals surface area contributed by atoms with E-state index in [4.69, 9.17) is 4.74 Å². The Kier molecular flexibility index (Phi) is 10.2. The number of hydrogen-bond acceptors (Lipinski definition) is 5. The zero-order chi connectivity index (χ0) is 22.8. The van der Waals surface area contributed by atoms with Crippen LogP contribution in [0, 0.1) is 5.92 Å². The van der Waals surface area contributed by atoms with Crippen LogP contribution in [0.25, 0.3) is 0 Å². The summed E-state index contributed by atoms with van der Waals surface area (Å²) in [6.45, 7) is 6.47. The average molecular weight is 450 g/mol. The van der Waals surface area contributed by atoms with Crippen molar-refractivity contribution < 1.29 is 19.1 Å². The molecule has 0 saturated carbocycles. The number of ether oxygens (including phenoxy) is 1. The highest BCUT2D eigenvalue weighted by molar-refractivity contribution is 7.98. The van der Waals surface area contributed by atoms with Crippen molar-refractivity contribution in [2.75, 3.05) is 45.3 Å². The number of likely N-dealkylation sites (tertiary alicyclic amines) is 1. The minimum atomic E-state index is -0.597. The van der Waals surface area contributed by atoms with Gasteiger partial charge in [0.15, 0.2) is 0 Å². The molecule has 0 aromatic heterocycles. The van der Waals surface area contributed by atoms with Gasteiger partial charge in [-0.3, -0.25) is 14.4 Å². The van der Waals surface area contributed by atoms with Crippen molar-refractivity contribution in [2.45, 2.75) is 39.2 Å². The van der Waals surface area contributed by atoms with Crippen molar-refractivity contribution in [1.82, 2.24) is 15.1 Å². The maximum absolute atomic E-state index is 13.2. The topological polar surface area (TPSA) is 79.0 Å². The van der Waals surface area contributed by atoms with Crippen LogP contribution in [0.1, 0.15) is 43.5 Å². The second-order valence-corrected chi connectivity index (χ2v) is 8.60. The predicted molar refractivity (Wildman–Crippen MR) is 124 cm³/mol. The van der Waals surface area contributed by atoms with Gasteiger partial charge in [0.2, 0.25) is 11.8 Å². The number of nitrogens with zero attached hydrogens (tertiary/aromatic N) is 2. The molecule has 1 fully saturated rings. The molecule has 0 aliphatic carbocycles. The number of hydrogen-bond donors (Lipinski definition) is 1. The van der Waals surface area contributed by atoms with Crippen LogP contribution in [0.15, 0.2) is 24.3 Å². The van der Waals surface area contributed by atoms with Crippen LogP contribution in [-0.2, 0) is 9.59 Å². The summed E-state index contributed by atoms with van der Waals surface area (Å²) >= 11 is 1.64. The fraction of sp³-hybridized carbons (Fsp3) is 0.609. The van der Waals surface area contributed by atoms with E-state index in [-0.39, 0.29) is 23.6 Å². The lowest BCUT2D eigenvalue weighted by atomic mass is 9.94. The Hall–Kier alpha value is -2.22. The monoisotopic (exact) mass is 449 g/mol. The first-order valence-electron chi connectivity index (χ1n) is 11.0. The number of piperidine rings is 1. The molecule has 2 rings (SSSR count). The molecule has 1 aromatic carbocycles. The molecule has 8 heteroatoms. The Morgan fingerprint density at radius 1 is 1.19 bits per heavy atom. The minimum Gasteiger partial charge on any atom is -0.496 e. The Bertz CT molecular complexity index is 746. The van der Waals surface area contributed by atoms with Gasteiger partial charge >= 0.3 is 0 Å². The summed E-state index contributed by atoms with van der Waals surface area (Å²) in [5.74, 6) is 0.998. The number of benzene rings is 1. The Morgan fingerprint density at radius 3 is 2.42 bits per heavy atom. The molecule has 172 valence electrons. The van der Waals surface area contributed by atoms with Gasteiger partial charge in [0.05, 0.1) is 12.7 Å². The third kappa shape index (κ3) is 6.63. The van der Waals surface area contributed by atoms with Crippen molar-refractivity contribution in [3.8, 4) is 5.75 Å². The minimum absolute atomic E-state index is 0.0308. The van der Waals surface area contributed by atoms with E-state index in [1.165, 1.54) is 7.11 Å². The predicted octanol–water partition coefficient (Wildman–Crippen LogP) is 2.65. The van der Waals surface area contributed by atoms with Crippen LogP contribution >= 0.6 is 11.8 Å². The molecule has 1 aromatic rings. The van der Waals surface area contributed by atoms with Gasteiger partial charge in [-0.1, -0.05) is 12.1 Å². The molecule has 0 spiro atoms. The van der Waals surface area contributed by atoms with Gasteiger partial charge in [0, 0.05) is 32.1 Å². The molecular formula is C23H35N3O4S. The van der Waals surface area contributed by atoms with E-state index in [1.54, 1.807) is 40.9 Å². The highest BCUT2D eigenvalue weighted by atomic mass is 32.2. The number of para-hydroxylation sites is 1. The molecule has 31 heavy (non-hydrogen) atoms. The van der Waals surface area contributed by atoms with Gasteiger partial charge in [-0.25, -0.2) is 0 Å². The second-order valence-electron chi connectivity index (χ2n) is 7.62. The Morgan fingerprint density at radius 2 is 1.84 bits per heavy atom. The molecule has 0 radical (unpaired) electrons. The number of rotatable bonds is 10. The normalized spacial score (nSPS) is 15.3. The zero-order valence-electron chi connectivity index (χ0n) is 19.1. The summed E-state index contributed by atoms with van der Waals surface area (Å²) in [4.78, 5) is 42.3. The van der Waals surface area contributed by atoms with Gasteiger partial charge in [-0.15, -0.1) is 0 Å². The SMILES string of the molecule is CCN(CC)C(=O)C1CCN(C(=O)C(CCSC)NC(=O)c2ccccc2OC)CC1. The fourth-order valence-electron chi connectivity index (χ4n) is 3.92. The molecule has 1 atom stereocenters. The van der Waals surface area contributed by atoms with Crippen LogP contribution in [0.4, 0.5) is 0 Å². The van der Waals surface area contributed by atoms with Crippen LogP contribution in [0.2, 0.25) is 0 Å². The van der Waals surface area contributed by atoms with Crippen molar-refractivity contribution in [3.63, 3.8) is 0 Å².